The second kappa shape index (κ2) is 4.98. The molecule has 0 unspecified atom stereocenters. The van der Waals surface area contributed by atoms with E-state index in [9.17, 15) is 0 Å². The molecule has 3 nitrogen and oxygen atoms in total. The smallest absolute Gasteiger partial charge is 0.164 e. The maximum atomic E-state index is 6.52. The van der Waals surface area contributed by atoms with E-state index in [1.54, 1.807) is 20.3 Å². The third-order valence-corrected chi connectivity index (χ3v) is 4.15. The van der Waals surface area contributed by atoms with Gasteiger partial charge in [0.15, 0.2) is 11.5 Å². The van der Waals surface area contributed by atoms with E-state index >= 15 is 0 Å². The monoisotopic (exact) mass is 269 g/mol. The van der Waals surface area contributed by atoms with Crippen LogP contribution in [0.15, 0.2) is 6.07 Å². The molecule has 4 heteroatoms. The zero-order valence-corrected chi connectivity index (χ0v) is 11.9. The Morgan fingerprint density at radius 1 is 1.22 bits per heavy atom. The van der Waals surface area contributed by atoms with Gasteiger partial charge in [-0.15, -0.1) is 0 Å². The summed E-state index contributed by atoms with van der Waals surface area (Å²) in [6.45, 7) is 2.00. The molecule has 0 radical (unpaired) electrons. The van der Waals surface area contributed by atoms with Crippen LogP contribution in [0.4, 0.5) is 0 Å². The average Bonchev–Trinajstić information content (AvgIpc) is 2.76. The van der Waals surface area contributed by atoms with Crippen molar-refractivity contribution in [3.05, 3.63) is 22.2 Å². The van der Waals surface area contributed by atoms with Crippen molar-refractivity contribution in [1.29, 1.82) is 0 Å². The number of halogens is 1. The van der Waals surface area contributed by atoms with Crippen molar-refractivity contribution < 1.29 is 9.47 Å². The Bertz CT molecular complexity index is 454. The highest BCUT2D eigenvalue weighted by Crippen LogP contribution is 2.46. The SMILES string of the molecule is COc1cc(Cl)c(C2(N)CCCC2)c(C)c1OC. The van der Waals surface area contributed by atoms with Gasteiger partial charge < -0.3 is 15.2 Å². The molecule has 0 bridgehead atoms. The lowest BCUT2D eigenvalue weighted by atomic mass is 9.85. The molecule has 1 aromatic rings. The molecule has 18 heavy (non-hydrogen) atoms. The van der Waals surface area contributed by atoms with Crippen molar-refractivity contribution >= 4 is 11.6 Å². The quantitative estimate of drug-likeness (QED) is 0.915. The van der Waals surface area contributed by atoms with Crippen LogP contribution >= 0.6 is 11.6 Å². The van der Waals surface area contributed by atoms with Crippen molar-refractivity contribution in [3.8, 4) is 11.5 Å². The zero-order valence-electron chi connectivity index (χ0n) is 11.2. The first kappa shape index (κ1) is 13.5. The van der Waals surface area contributed by atoms with Crippen LogP contribution in [0, 0.1) is 6.92 Å². The van der Waals surface area contributed by atoms with Crippen LogP contribution in [0.5, 0.6) is 11.5 Å². The number of hydrogen-bond acceptors (Lipinski definition) is 3. The Balaban J connectivity index is 2.60. The number of hydrogen-bond donors (Lipinski definition) is 1. The maximum Gasteiger partial charge on any atom is 0.164 e. The van der Waals surface area contributed by atoms with Gasteiger partial charge in [-0.05, 0) is 25.3 Å². The molecule has 1 saturated carbocycles. The standard InChI is InChI=1S/C14H20ClNO2/c1-9-12(14(16)6-4-5-7-14)10(15)8-11(17-2)13(9)18-3/h8H,4-7,16H2,1-3H3. The van der Waals surface area contributed by atoms with Crippen molar-refractivity contribution in [1.82, 2.24) is 0 Å². The molecular weight excluding hydrogens is 250 g/mol. The average molecular weight is 270 g/mol. The molecule has 0 atom stereocenters. The summed E-state index contributed by atoms with van der Waals surface area (Å²) in [5.74, 6) is 1.39. The van der Waals surface area contributed by atoms with Crippen LogP contribution in [0.2, 0.25) is 5.02 Å². The fraction of sp³-hybridized carbons (Fsp3) is 0.571. The molecular formula is C14H20ClNO2. The van der Waals surface area contributed by atoms with Gasteiger partial charge in [-0.1, -0.05) is 24.4 Å². The molecule has 0 spiro atoms. The van der Waals surface area contributed by atoms with Crippen LogP contribution < -0.4 is 15.2 Å². The van der Waals surface area contributed by atoms with Crippen molar-refractivity contribution in [2.45, 2.75) is 38.1 Å². The predicted octanol–water partition coefficient (Wildman–Crippen LogP) is 3.39. The predicted molar refractivity (Wildman–Crippen MR) is 73.6 cm³/mol. The van der Waals surface area contributed by atoms with Crippen LogP contribution in [-0.2, 0) is 5.54 Å². The lowest BCUT2D eigenvalue weighted by Gasteiger charge is -2.29. The minimum absolute atomic E-state index is 0.319. The number of rotatable bonds is 3. The van der Waals surface area contributed by atoms with Gasteiger partial charge in [-0.2, -0.15) is 0 Å². The van der Waals surface area contributed by atoms with Gasteiger partial charge in [0.1, 0.15) is 0 Å². The molecule has 0 heterocycles. The van der Waals surface area contributed by atoms with E-state index < -0.39 is 0 Å². The molecule has 0 saturated heterocycles. The summed E-state index contributed by atoms with van der Waals surface area (Å²) in [7, 11) is 3.25. The first-order chi connectivity index (χ1) is 8.53. The topological polar surface area (TPSA) is 44.5 Å². The summed E-state index contributed by atoms with van der Waals surface area (Å²) in [4.78, 5) is 0. The Hall–Kier alpha value is -0.930. The largest absolute Gasteiger partial charge is 0.493 e. The third kappa shape index (κ3) is 2.06. The van der Waals surface area contributed by atoms with Gasteiger partial charge in [0, 0.05) is 22.2 Å². The van der Waals surface area contributed by atoms with Gasteiger partial charge in [-0.25, -0.2) is 0 Å². The summed E-state index contributed by atoms with van der Waals surface area (Å²) in [6.07, 6.45) is 4.26. The highest BCUT2D eigenvalue weighted by atomic mass is 35.5. The first-order valence-electron chi connectivity index (χ1n) is 6.24. The van der Waals surface area contributed by atoms with Crippen LogP contribution in [0.1, 0.15) is 36.8 Å². The number of nitrogens with two attached hydrogens (primary N) is 1. The summed E-state index contributed by atoms with van der Waals surface area (Å²) in [6, 6.07) is 1.80. The molecule has 2 rings (SSSR count). The van der Waals surface area contributed by atoms with Crippen LogP contribution in [0.25, 0.3) is 0 Å². The molecule has 1 fully saturated rings. The molecule has 1 aromatic carbocycles. The molecule has 0 amide bonds. The lowest BCUT2D eigenvalue weighted by Crippen LogP contribution is -2.34. The Morgan fingerprint density at radius 3 is 2.33 bits per heavy atom. The molecule has 1 aliphatic carbocycles. The second-order valence-corrected chi connectivity index (χ2v) is 5.36. The minimum atomic E-state index is -0.319. The van der Waals surface area contributed by atoms with E-state index in [0.29, 0.717) is 10.8 Å². The zero-order chi connectivity index (χ0) is 13.3. The van der Waals surface area contributed by atoms with Gasteiger partial charge in [0.25, 0.3) is 0 Å². The number of methoxy groups -OCH3 is 2. The number of benzene rings is 1. The lowest BCUT2D eigenvalue weighted by molar-refractivity contribution is 0.349. The summed E-state index contributed by atoms with van der Waals surface area (Å²) in [5, 5.41) is 0.676. The fourth-order valence-electron chi connectivity index (χ4n) is 3.00. The molecule has 2 N–H and O–H groups in total. The maximum absolute atomic E-state index is 6.52. The highest BCUT2D eigenvalue weighted by molar-refractivity contribution is 6.31. The summed E-state index contributed by atoms with van der Waals surface area (Å²) in [5.41, 5.74) is 8.20. The first-order valence-corrected chi connectivity index (χ1v) is 6.61. The fourth-order valence-corrected chi connectivity index (χ4v) is 3.43. The van der Waals surface area contributed by atoms with Gasteiger partial charge >= 0.3 is 0 Å². The molecule has 100 valence electrons. The Kier molecular flexibility index (Phi) is 3.74. The third-order valence-electron chi connectivity index (χ3n) is 3.85. The van der Waals surface area contributed by atoms with E-state index in [1.807, 2.05) is 6.92 Å². The summed E-state index contributed by atoms with van der Waals surface area (Å²) < 4.78 is 10.7. The van der Waals surface area contributed by atoms with Gasteiger partial charge in [0.05, 0.1) is 14.2 Å². The molecule has 1 aliphatic rings. The summed E-state index contributed by atoms with van der Waals surface area (Å²) >= 11 is 6.40. The van der Waals surface area contributed by atoms with E-state index in [0.717, 1.165) is 42.6 Å². The van der Waals surface area contributed by atoms with Crippen molar-refractivity contribution in [3.63, 3.8) is 0 Å². The second-order valence-electron chi connectivity index (χ2n) is 4.96. The number of ether oxygens (including phenoxy) is 2. The van der Waals surface area contributed by atoms with E-state index in [1.165, 1.54) is 0 Å². The van der Waals surface area contributed by atoms with Gasteiger partial charge in [-0.3, -0.25) is 0 Å². The van der Waals surface area contributed by atoms with Crippen molar-refractivity contribution in [2.75, 3.05) is 14.2 Å². The highest BCUT2D eigenvalue weighted by Gasteiger charge is 2.36. The Labute approximate surface area is 113 Å². The minimum Gasteiger partial charge on any atom is -0.493 e. The van der Waals surface area contributed by atoms with Crippen LogP contribution in [0.3, 0.4) is 0 Å². The van der Waals surface area contributed by atoms with Gasteiger partial charge in [0.2, 0.25) is 0 Å². The Morgan fingerprint density at radius 2 is 1.83 bits per heavy atom. The van der Waals surface area contributed by atoms with Crippen LogP contribution in [-0.4, -0.2) is 14.2 Å². The van der Waals surface area contributed by atoms with E-state index in [-0.39, 0.29) is 5.54 Å². The molecule has 0 aliphatic heterocycles. The van der Waals surface area contributed by atoms with Crippen molar-refractivity contribution in [2.24, 2.45) is 5.73 Å². The molecule has 0 aromatic heterocycles. The van der Waals surface area contributed by atoms with E-state index in [4.69, 9.17) is 26.8 Å². The normalized spacial score (nSPS) is 17.8. The van der Waals surface area contributed by atoms with E-state index in [2.05, 4.69) is 0 Å².